The van der Waals surface area contributed by atoms with Gasteiger partial charge in [-0.25, -0.2) is 9.97 Å². The van der Waals surface area contributed by atoms with Crippen molar-refractivity contribution in [2.24, 2.45) is 0 Å². The van der Waals surface area contributed by atoms with E-state index in [2.05, 4.69) is 25.9 Å². The number of hydrogen-bond acceptors (Lipinski definition) is 3. The van der Waals surface area contributed by atoms with Crippen LogP contribution in [0.5, 0.6) is 5.75 Å². The molecule has 0 amide bonds. The third kappa shape index (κ3) is 1.31. The van der Waals surface area contributed by atoms with Gasteiger partial charge in [0.1, 0.15) is 17.3 Å². The van der Waals surface area contributed by atoms with Gasteiger partial charge in [0.25, 0.3) is 0 Å². The van der Waals surface area contributed by atoms with Gasteiger partial charge in [0, 0.05) is 28.2 Å². The van der Waals surface area contributed by atoms with Crippen LogP contribution in [0.25, 0.3) is 28.2 Å². The zero-order chi connectivity index (χ0) is 12.3. The second-order valence-corrected chi connectivity index (χ2v) is 5.02. The minimum atomic E-state index is 0.836. The molecule has 3 heterocycles. The highest BCUT2D eigenvalue weighted by Crippen LogP contribution is 2.34. The number of hydrogen-bond donors (Lipinski definition) is 0. The molecule has 0 spiro atoms. The molecule has 5 heteroatoms. The van der Waals surface area contributed by atoms with Crippen molar-refractivity contribution < 1.29 is 4.74 Å². The maximum atomic E-state index is 5.27. The summed E-state index contributed by atoms with van der Waals surface area (Å²) in [6.45, 7) is 0. The zero-order valence-corrected chi connectivity index (χ0v) is 11.1. The van der Waals surface area contributed by atoms with Crippen molar-refractivity contribution in [2.75, 3.05) is 7.11 Å². The largest absolute Gasteiger partial charge is 0.497 e. The summed E-state index contributed by atoms with van der Waals surface area (Å²) in [5, 5.41) is 1.14. The Morgan fingerprint density at radius 2 is 2.11 bits per heavy atom. The topological polar surface area (TPSA) is 39.9 Å². The van der Waals surface area contributed by atoms with Gasteiger partial charge in [0.05, 0.1) is 12.6 Å². The Morgan fingerprint density at radius 3 is 2.83 bits per heavy atom. The summed E-state index contributed by atoms with van der Waals surface area (Å²) in [7, 11) is 1.67. The van der Waals surface area contributed by atoms with E-state index in [1.54, 1.807) is 7.11 Å². The highest BCUT2D eigenvalue weighted by atomic mass is 79.9. The minimum Gasteiger partial charge on any atom is -0.497 e. The van der Waals surface area contributed by atoms with Crippen molar-refractivity contribution in [1.82, 2.24) is 14.5 Å². The molecular formula is C13H8BrN3O. The molecule has 0 atom stereocenters. The number of methoxy groups -OCH3 is 1. The molecule has 0 radical (unpaired) electrons. The average molecular weight is 302 g/mol. The number of halogens is 1. The molecular weight excluding hydrogens is 294 g/mol. The predicted octanol–water partition coefficient (Wildman–Crippen LogP) is 3.17. The standard InChI is InChI=1S/C13H8BrN3O/c1-18-7-2-3-8-9(14)6-17(11(8)4-7)12-5-10-13(15-10)16-12/h2-6H,1H3. The first-order valence-corrected chi connectivity index (χ1v) is 6.30. The van der Waals surface area contributed by atoms with Crippen molar-refractivity contribution in [3.8, 4) is 23.1 Å². The lowest BCUT2D eigenvalue weighted by Crippen LogP contribution is -1.92. The van der Waals surface area contributed by atoms with Gasteiger partial charge in [0.15, 0.2) is 5.82 Å². The van der Waals surface area contributed by atoms with Crippen LogP contribution >= 0.6 is 15.9 Å². The normalized spacial score (nSPS) is 11.9. The third-order valence-corrected chi connectivity index (χ3v) is 3.73. The van der Waals surface area contributed by atoms with Crippen LogP contribution < -0.4 is 4.74 Å². The van der Waals surface area contributed by atoms with Crippen LogP contribution in [-0.2, 0) is 0 Å². The number of ether oxygens (including phenoxy) is 1. The van der Waals surface area contributed by atoms with Crippen LogP contribution in [0, 0.1) is 0 Å². The maximum absolute atomic E-state index is 5.27. The average Bonchev–Trinajstić information content (AvgIpc) is 2.86. The molecule has 0 N–H and O–H groups in total. The quantitative estimate of drug-likeness (QED) is 0.571. The van der Waals surface area contributed by atoms with Crippen LogP contribution in [0.1, 0.15) is 0 Å². The SMILES string of the molecule is COc1ccc2c(Br)cn(-c3cc4nc-4n3)c2c1. The lowest BCUT2D eigenvalue weighted by molar-refractivity contribution is 0.415. The van der Waals surface area contributed by atoms with E-state index in [0.29, 0.717) is 0 Å². The summed E-state index contributed by atoms with van der Waals surface area (Å²) in [6, 6.07) is 7.98. The maximum Gasteiger partial charge on any atom is 0.181 e. The Bertz CT molecular complexity index is 774. The van der Waals surface area contributed by atoms with Gasteiger partial charge in [0.2, 0.25) is 0 Å². The van der Waals surface area contributed by atoms with Crippen molar-refractivity contribution in [1.29, 1.82) is 0 Å². The molecule has 2 aliphatic heterocycles. The van der Waals surface area contributed by atoms with Gasteiger partial charge in [-0.3, -0.25) is 4.57 Å². The number of rotatable bonds is 2. The molecule has 1 aromatic heterocycles. The molecule has 2 aliphatic rings. The van der Waals surface area contributed by atoms with E-state index in [1.165, 1.54) is 0 Å². The van der Waals surface area contributed by atoms with Gasteiger partial charge >= 0.3 is 0 Å². The summed E-state index contributed by atoms with van der Waals surface area (Å²) >= 11 is 3.57. The minimum absolute atomic E-state index is 0.836. The van der Waals surface area contributed by atoms with Crippen LogP contribution in [-0.4, -0.2) is 21.6 Å². The van der Waals surface area contributed by atoms with E-state index >= 15 is 0 Å². The first kappa shape index (κ1) is 10.1. The molecule has 0 unspecified atom stereocenters. The van der Waals surface area contributed by atoms with Gasteiger partial charge in [-0.2, -0.15) is 0 Å². The second-order valence-electron chi connectivity index (χ2n) is 4.17. The Hall–Kier alpha value is -1.88. The van der Waals surface area contributed by atoms with E-state index < -0.39 is 0 Å². The Labute approximate surface area is 111 Å². The highest BCUT2D eigenvalue weighted by Gasteiger charge is 2.21. The molecule has 1 aromatic carbocycles. The second kappa shape index (κ2) is 3.32. The lowest BCUT2D eigenvalue weighted by Gasteiger charge is -2.03. The summed E-state index contributed by atoms with van der Waals surface area (Å²) in [5.41, 5.74) is 2.06. The smallest absolute Gasteiger partial charge is 0.181 e. The Morgan fingerprint density at radius 1 is 1.22 bits per heavy atom. The molecule has 4 nitrogen and oxygen atoms in total. The molecule has 0 saturated heterocycles. The van der Waals surface area contributed by atoms with Crippen molar-refractivity contribution in [3.05, 3.63) is 34.9 Å². The van der Waals surface area contributed by atoms with Crippen LogP contribution in [0.2, 0.25) is 0 Å². The van der Waals surface area contributed by atoms with Crippen LogP contribution in [0.4, 0.5) is 0 Å². The molecule has 0 saturated carbocycles. The fraction of sp³-hybridized carbons (Fsp3) is 0.0769. The first-order valence-electron chi connectivity index (χ1n) is 5.51. The fourth-order valence-corrected chi connectivity index (χ4v) is 2.67. The monoisotopic (exact) mass is 301 g/mol. The number of benzene rings is 1. The lowest BCUT2D eigenvalue weighted by atomic mass is 10.2. The Balaban J connectivity index is 2.00. The van der Waals surface area contributed by atoms with Crippen LogP contribution in [0.15, 0.2) is 34.9 Å². The Kier molecular flexibility index (Phi) is 1.86. The van der Waals surface area contributed by atoms with E-state index in [0.717, 1.165) is 38.5 Å². The van der Waals surface area contributed by atoms with Crippen molar-refractivity contribution in [3.63, 3.8) is 0 Å². The number of fused-ring (bicyclic) bond motifs is 2. The third-order valence-electron chi connectivity index (χ3n) is 3.10. The molecule has 0 bridgehead atoms. The molecule has 4 rings (SSSR count). The summed E-state index contributed by atoms with van der Waals surface area (Å²) < 4.78 is 8.36. The number of nitrogens with zero attached hydrogens (tertiary/aromatic N) is 3. The van der Waals surface area contributed by atoms with E-state index in [-0.39, 0.29) is 0 Å². The highest BCUT2D eigenvalue weighted by molar-refractivity contribution is 9.10. The van der Waals surface area contributed by atoms with Crippen LogP contribution in [0.3, 0.4) is 0 Å². The molecule has 2 aromatic rings. The predicted molar refractivity (Wildman–Crippen MR) is 72.1 cm³/mol. The van der Waals surface area contributed by atoms with Gasteiger partial charge < -0.3 is 4.74 Å². The molecule has 18 heavy (non-hydrogen) atoms. The summed E-state index contributed by atoms with van der Waals surface area (Å²) in [5.74, 6) is 2.59. The van der Waals surface area contributed by atoms with E-state index in [9.17, 15) is 0 Å². The molecule has 0 aliphatic carbocycles. The zero-order valence-electron chi connectivity index (χ0n) is 9.51. The summed E-state index contributed by atoms with van der Waals surface area (Å²) in [6.07, 6.45) is 2.02. The van der Waals surface area contributed by atoms with Gasteiger partial charge in [-0.1, -0.05) is 0 Å². The number of aromatic nitrogens is 3. The fourth-order valence-electron chi connectivity index (χ4n) is 2.13. The van der Waals surface area contributed by atoms with E-state index in [1.807, 2.05) is 35.0 Å². The summed E-state index contributed by atoms with van der Waals surface area (Å²) in [4.78, 5) is 8.52. The van der Waals surface area contributed by atoms with Gasteiger partial charge in [-0.15, -0.1) is 0 Å². The first-order chi connectivity index (χ1) is 8.76. The van der Waals surface area contributed by atoms with Gasteiger partial charge in [-0.05, 0) is 28.1 Å². The van der Waals surface area contributed by atoms with Crippen molar-refractivity contribution >= 4 is 26.8 Å². The van der Waals surface area contributed by atoms with E-state index in [4.69, 9.17) is 4.74 Å². The van der Waals surface area contributed by atoms with Crippen molar-refractivity contribution in [2.45, 2.75) is 0 Å². The molecule has 88 valence electrons. The molecule has 0 fully saturated rings.